The molecule has 5 nitrogen and oxygen atoms in total. The lowest BCUT2D eigenvalue weighted by Crippen LogP contribution is -2.09. The molecular weight excluding hydrogens is 404 g/mol. The molecule has 0 bridgehead atoms. The molecule has 2 aliphatic rings. The van der Waals surface area contributed by atoms with E-state index >= 15 is 0 Å². The van der Waals surface area contributed by atoms with E-state index in [1.54, 1.807) is 6.08 Å². The number of methoxy groups -OCH3 is 1. The van der Waals surface area contributed by atoms with Gasteiger partial charge in [0.25, 0.3) is 0 Å². The average molecular weight is 439 g/mol. The van der Waals surface area contributed by atoms with E-state index in [9.17, 15) is 9.59 Å². The van der Waals surface area contributed by atoms with Crippen LogP contribution >= 0.6 is 0 Å². The quantitative estimate of drug-likeness (QED) is 0.401. The van der Waals surface area contributed by atoms with E-state index in [-0.39, 0.29) is 12.2 Å². The SMILES string of the molecule is COC(=O)/C1=C/c2ccccc2OC/C=C/CCCCCCCCOC2=C(C1)C(=O)CC2. The maximum absolute atomic E-state index is 12.6. The average Bonchev–Trinajstić information content (AvgIpc) is 3.15. The van der Waals surface area contributed by atoms with E-state index in [0.717, 1.165) is 30.6 Å². The Morgan fingerprint density at radius 2 is 1.72 bits per heavy atom. The highest BCUT2D eigenvalue weighted by molar-refractivity contribution is 6.02. The lowest BCUT2D eigenvalue weighted by molar-refractivity contribution is -0.136. The third-order valence-electron chi connectivity index (χ3n) is 5.86. The van der Waals surface area contributed by atoms with Crippen molar-refractivity contribution in [1.82, 2.24) is 0 Å². The minimum absolute atomic E-state index is 0.0478. The van der Waals surface area contributed by atoms with Gasteiger partial charge in [-0.15, -0.1) is 0 Å². The summed E-state index contributed by atoms with van der Waals surface area (Å²) in [6.07, 6.45) is 15.3. The number of allylic oxidation sites excluding steroid dienone is 3. The van der Waals surface area contributed by atoms with Crippen molar-refractivity contribution < 1.29 is 23.8 Å². The van der Waals surface area contributed by atoms with Crippen molar-refractivity contribution in [1.29, 1.82) is 0 Å². The Balaban J connectivity index is 1.88. The van der Waals surface area contributed by atoms with Crippen LogP contribution in [-0.4, -0.2) is 32.1 Å². The van der Waals surface area contributed by atoms with E-state index < -0.39 is 5.97 Å². The lowest BCUT2D eigenvalue weighted by Gasteiger charge is -2.12. The van der Waals surface area contributed by atoms with Crippen LogP contribution in [0.1, 0.15) is 69.8 Å². The fourth-order valence-electron chi connectivity index (χ4n) is 4.05. The molecule has 0 atom stereocenters. The molecule has 3 rings (SSSR count). The van der Waals surface area contributed by atoms with Gasteiger partial charge in [0.05, 0.1) is 13.7 Å². The number of rotatable bonds is 1. The number of ether oxygens (including phenoxy) is 3. The van der Waals surface area contributed by atoms with Gasteiger partial charge >= 0.3 is 5.97 Å². The fraction of sp³-hybridized carbons (Fsp3) is 0.481. The first-order chi connectivity index (χ1) is 15.7. The zero-order chi connectivity index (χ0) is 22.6. The van der Waals surface area contributed by atoms with Crippen molar-refractivity contribution >= 4 is 17.8 Å². The molecule has 0 saturated carbocycles. The first kappa shape index (κ1) is 23.8. The van der Waals surface area contributed by atoms with Crippen LogP contribution in [0, 0.1) is 0 Å². The summed E-state index contributed by atoms with van der Waals surface area (Å²) < 4.78 is 17.0. The predicted octanol–water partition coefficient (Wildman–Crippen LogP) is 5.95. The number of benzene rings is 1. The Kier molecular flexibility index (Phi) is 9.60. The molecule has 32 heavy (non-hydrogen) atoms. The minimum Gasteiger partial charge on any atom is -0.497 e. The number of carbonyl (C=O) groups excluding carboxylic acids is 2. The summed E-state index contributed by atoms with van der Waals surface area (Å²) in [6, 6.07) is 7.59. The van der Waals surface area contributed by atoms with Gasteiger partial charge in [-0.2, -0.15) is 0 Å². The van der Waals surface area contributed by atoms with Crippen molar-refractivity contribution in [2.45, 2.75) is 64.2 Å². The largest absolute Gasteiger partial charge is 0.497 e. The highest BCUT2D eigenvalue weighted by Crippen LogP contribution is 2.31. The molecule has 1 aromatic carbocycles. The van der Waals surface area contributed by atoms with Crippen LogP contribution in [-0.2, 0) is 19.1 Å². The van der Waals surface area contributed by atoms with Gasteiger partial charge < -0.3 is 14.2 Å². The van der Waals surface area contributed by atoms with Crippen LogP contribution in [0.3, 0.4) is 0 Å². The smallest absolute Gasteiger partial charge is 0.334 e. The monoisotopic (exact) mass is 438 g/mol. The first-order valence-corrected chi connectivity index (χ1v) is 11.7. The molecule has 5 heteroatoms. The Morgan fingerprint density at radius 3 is 2.56 bits per heavy atom. The van der Waals surface area contributed by atoms with Crippen molar-refractivity contribution in [2.75, 3.05) is 20.3 Å². The number of ketones is 1. The van der Waals surface area contributed by atoms with Crippen LogP contribution < -0.4 is 4.74 Å². The van der Waals surface area contributed by atoms with Crippen LogP contribution in [0.25, 0.3) is 6.08 Å². The van der Waals surface area contributed by atoms with E-state index in [1.165, 1.54) is 32.8 Å². The second-order valence-electron chi connectivity index (χ2n) is 8.24. The Hall–Kier alpha value is -2.82. The molecule has 0 aromatic heterocycles. The second-order valence-corrected chi connectivity index (χ2v) is 8.24. The molecule has 0 fully saturated rings. The summed E-state index contributed by atoms with van der Waals surface area (Å²) in [5.74, 6) is 1.02. The molecule has 0 saturated heterocycles. The molecule has 0 radical (unpaired) electrons. The normalized spacial score (nSPS) is 21.8. The minimum atomic E-state index is -0.451. The van der Waals surface area contributed by atoms with E-state index in [0.29, 0.717) is 43.0 Å². The summed E-state index contributed by atoms with van der Waals surface area (Å²) in [6.45, 7) is 1.09. The molecule has 0 unspecified atom stereocenters. The molecule has 0 spiro atoms. The highest BCUT2D eigenvalue weighted by Gasteiger charge is 2.27. The van der Waals surface area contributed by atoms with Crippen molar-refractivity contribution in [3.05, 3.63) is 58.9 Å². The number of fused-ring (bicyclic) bond motifs is 1. The summed E-state index contributed by atoms with van der Waals surface area (Å²) in [5, 5.41) is 0. The first-order valence-electron chi connectivity index (χ1n) is 11.7. The number of Topliss-reactive ketones (excluding diaryl/α,β-unsaturated/α-hetero) is 1. The number of carbonyl (C=O) groups is 2. The van der Waals surface area contributed by atoms with Crippen LogP contribution in [0.5, 0.6) is 5.75 Å². The van der Waals surface area contributed by atoms with Gasteiger partial charge in [0.1, 0.15) is 18.1 Å². The van der Waals surface area contributed by atoms with Crippen LogP contribution in [0.4, 0.5) is 0 Å². The van der Waals surface area contributed by atoms with Crippen molar-refractivity contribution in [3.8, 4) is 5.75 Å². The maximum atomic E-state index is 12.6. The zero-order valence-corrected chi connectivity index (χ0v) is 19.1. The van der Waals surface area contributed by atoms with Crippen LogP contribution in [0.2, 0.25) is 0 Å². The van der Waals surface area contributed by atoms with Crippen molar-refractivity contribution in [2.24, 2.45) is 0 Å². The van der Waals surface area contributed by atoms with Gasteiger partial charge in [-0.3, -0.25) is 4.79 Å². The Labute approximate surface area is 191 Å². The molecule has 1 aromatic rings. The molecular formula is C27H34O5. The van der Waals surface area contributed by atoms with Crippen molar-refractivity contribution in [3.63, 3.8) is 0 Å². The van der Waals surface area contributed by atoms with Gasteiger partial charge in [-0.25, -0.2) is 4.79 Å². The molecule has 172 valence electrons. The summed E-state index contributed by atoms with van der Waals surface area (Å²) in [5.41, 5.74) is 1.79. The van der Waals surface area contributed by atoms with Gasteiger partial charge in [-0.05, 0) is 31.4 Å². The van der Waals surface area contributed by atoms with Gasteiger partial charge in [0.15, 0.2) is 5.78 Å². The number of hydrogen-bond donors (Lipinski definition) is 0. The third-order valence-corrected chi connectivity index (χ3v) is 5.86. The Morgan fingerprint density at radius 1 is 0.938 bits per heavy atom. The maximum Gasteiger partial charge on any atom is 0.334 e. The van der Waals surface area contributed by atoms with E-state index in [4.69, 9.17) is 14.2 Å². The zero-order valence-electron chi connectivity index (χ0n) is 19.1. The molecule has 0 amide bonds. The lowest BCUT2D eigenvalue weighted by atomic mass is 10.0. The summed E-state index contributed by atoms with van der Waals surface area (Å²) in [7, 11) is 1.36. The number of esters is 1. The molecule has 1 aliphatic heterocycles. The Bertz CT molecular complexity index is 878. The third kappa shape index (κ3) is 7.11. The van der Waals surface area contributed by atoms with Gasteiger partial charge in [0, 0.05) is 36.0 Å². The standard InChI is InChI=1S/C27H34O5/c1-30-27(29)22-19-21-13-9-10-14-25(21)31-17-11-7-5-3-2-4-6-8-12-18-32-26-16-15-24(28)23(26)20-22/h7,9-11,13-14,19H,2-6,8,12,15-18,20H2,1H3/b11-7+,22-19+. The van der Waals surface area contributed by atoms with Gasteiger partial charge in [0.2, 0.25) is 0 Å². The highest BCUT2D eigenvalue weighted by atomic mass is 16.5. The predicted molar refractivity (Wildman–Crippen MR) is 125 cm³/mol. The molecule has 1 heterocycles. The van der Waals surface area contributed by atoms with E-state index in [2.05, 4.69) is 6.08 Å². The van der Waals surface area contributed by atoms with Gasteiger partial charge in [-0.1, -0.05) is 56.0 Å². The number of para-hydroxylation sites is 1. The molecule has 1 aliphatic carbocycles. The van der Waals surface area contributed by atoms with Crippen LogP contribution in [0.15, 0.2) is 53.3 Å². The van der Waals surface area contributed by atoms with E-state index in [1.807, 2.05) is 30.3 Å². The summed E-state index contributed by atoms with van der Waals surface area (Å²) in [4.78, 5) is 25.1. The fourth-order valence-corrected chi connectivity index (χ4v) is 4.05. The topological polar surface area (TPSA) is 61.8 Å². The number of hydrogen-bond acceptors (Lipinski definition) is 5. The second kappa shape index (κ2) is 12.9. The summed E-state index contributed by atoms with van der Waals surface area (Å²) >= 11 is 0. The molecule has 0 N–H and O–H groups in total.